The highest BCUT2D eigenvalue weighted by Crippen LogP contribution is 2.14. The van der Waals surface area contributed by atoms with Crippen molar-refractivity contribution in [3.05, 3.63) is 35.9 Å². The van der Waals surface area contributed by atoms with Gasteiger partial charge in [-0.2, -0.15) is 0 Å². The van der Waals surface area contributed by atoms with Crippen LogP contribution in [0.15, 0.2) is 30.3 Å². The highest BCUT2D eigenvalue weighted by atomic mass is 19.5. The van der Waals surface area contributed by atoms with E-state index in [1.807, 2.05) is 6.07 Å². The van der Waals surface area contributed by atoms with E-state index in [1.54, 1.807) is 0 Å². The fourth-order valence-electron chi connectivity index (χ4n) is 1.87. The van der Waals surface area contributed by atoms with Gasteiger partial charge in [0.15, 0.2) is 0 Å². The highest BCUT2D eigenvalue weighted by Gasteiger charge is 2.20. The van der Waals surface area contributed by atoms with Crippen LogP contribution in [0.1, 0.15) is 24.8 Å². The first-order valence-corrected chi connectivity index (χ1v) is 6.10. The summed E-state index contributed by atoms with van der Waals surface area (Å²) >= 11 is 0. The molecule has 1 fully saturated rings. The number of nitrogens with one attached hydrogen (secondary N) is 1. The Morgan fingerprint density at radius 2 is 1.63 bits per heavy atom. The Hall–Kier alpha value is -1.53. The molecular weight excluding hydrogens is 259 g/mol. The van der Waals surface area contributed by atoms with Crippen molar-refractivity contribution in [3.8, 4) is 0 Å². The van der Waals surface area contributed by atoms with Crippen molar-refractivity contribution in [2.75, 3.05) is 6.54 Å². The van der Waals surface area contributed by atoms with Gasteiger partial charge in [-0.25, -0.2) is 0 Å². The van der Waals surface area contributed by atoms with Gasteiger partial charge in [0.25, 0.3) is 0 Å². The van der Waals surface area contributed by atoms with Crippen molar-refractivity contribution in [2.24, 2.45) is 0 Å². The van der Waals surface area contributed by atoms with E-state index in [9.17, 15) is 17.3 Å². The normalized spacial score (nSPS) is 15.8. The number of rotatable bonds is 2. The van der Waals surface area contributed by atoms with Crippen molar-refractivity contribution < 1.29 is 17.3 Å². The molecule has 0 aromatic heterocycles. The fourth-order valence-corrected chi connectivity index (χ4v) is 1.87. The standard InChI is InChI=1S/C12H16N2.BF4/c13-12-8-4-5-9-14(12)10-11-6-2-1-3-7-11;2-1(3,4)5/h1-3,6-7,13H,4-5,8-10H2;/q;-1. The number of amidine groups is 1. The molecule has 0 unspecified atom stereocenters. The fraction of sp³-hybridized carbons (Fsp3) is 0.417. The maximum absolute atomic E-state index is 9.75. The number of nitrogens with zero attached hydrogens (tertiary/aromatic N) is 1. The third-order valence-electron chi connectivity index (χ3n) is 2.69. The van der Waals surface area contributed by atoms with Gasteiger partial charge in [0.05, 0.1) is 5.84 Å². The minimum atomic E-state index is -6.00. The van der Waals surface area contributed by atoms with Crippen LogP contribution in [0.4, 0.5) is 17.3 Å². The number of hydrogen-bond acceptors (Lipinski definition) is 1. The molecule has 0 amide bonds. The lowest BCUT2D eigenvalue weighted by Gasteiger charge is -2.29. The first kappa shape index (κ1) is 15.5. The third-order valence-corrected chi connectivity index (χ3v) is 2.69. The number of halogens is 4. The molecule has 0 saturated carbocycles. The molecular formula is C12H16BF4N2-. The Kier molecular flexibility index (Phi) is 5.85. The molecule has 106 valence electrons. The van der Waals surface area contributed by atoms with Crippen molar-refractivity contribution >= 4 is 13.1 Å². The van der Waals surface area contributed by atoms with Crippen LogP contribution >= 0.6 is 0 Å². The lowest BCUT2D eigenvalue weighted by Crippen LogP contribution is -2.34. The van der Waals surface area contributed by atoms with Gasteiger partial charge in [-0.1, -0.05) is 30.3 Å². The number of likely N-dealkylation sites (tertiary alicyclic amines) is 1. The Balaban J connectivity index is 0.000000312. The minimum absolute atomic E-state index is 0.806. The highest BCUT2D eigenvalue weighted by molar-refractivity contribution is 6.50. The van der Waals surface area contributed by atoms with Gasteiger partial charge in [-0.3, -0.25) is 5.41 Å². The second kappa shape index (κ2) is 7.16. The van der Waals surface area contributed by atoms with Gasteiger partial charge in [0.1, 0.15) is 0 Å². The van der Waals surface area contributed by atoms with Crippen LogP contribution in [0.3, 0.4) is 0 Å². The minimum Gasteiger partial charge on any atom is -0.418 e. The largest absolute Gasteiger partial charge is 0.673 e. The van der Waals surface area contributed by atoms with Crippen LogP contribution < -0.4 is 0 Å². The van der Waals surface area contributed by atoms with Crippen LogP contribution in [0.2, 0.25) is 0 Å². The van der Waals surface area contributed by atoms with Gasteiger partial charge in [-0.05, 0) is 18.4 Å². The van der Waals surface area contributed by atoms with Gasteiger partial charge in [0.2, 0.25) is 0 Å². The molecule has 19 heavy (non-hydrogen) atoms. The Labute approximate surface area is 110 Å². The van der Waals surface area contributed by atoms with E-state index in [0.717, 1.165) is 25.3 Å². The molecule has 1 N–H and O–H groups in total. The number of benzene rings is 1. The van der Waals surface area contributed by atoms with E-state index < -0.39 is 7.25 Å². The summed E-state index contributed by atoms with van der Waals surface area (Å²) in [6.45, 7) is 1.95. The van der Waals surface area contributed by atoms with E-state index in [1.165, 1.54) is 18.4 Å². The lowest BCUT2D eigenvalue weighted by molar-refractivity contribution is 0.361. The van der Waals surface area contributed by atoms with Crippen LogP contribution in [0.25, 0.3) is 0 Å². The smallest absolute Gasteiger partial charge is 0.418 e. The van der Waals surface area contributed by atoms with Crippen LogP contribution in [0, 0.1) is 5.41 Å². The molecule has 2 rings (SSSR count). The molecule has 1 aromatic rings. The molecule has 1 saturated heterocycles. The maximum atomic E-state index is 9.75. The monoisotopic (exact) mass is 275 g/mol. The summed E-state index contributed by atoms with van der Waals surface area (Å²) in [5.74, 6) is 0.806. The summed E-state index contributed by atoms with van der Waals surface area (Å²) in [5, 5.41) is 7.82. The molecule has 1 aromatic carbocycles. The number of piperidine rings is 1. The predicted octanol–water partition coefficient (Wildman–Crippen LogP) is 3.95. The second-order valence-electron chi connectivity index (χ2n) is 4.31. The van der Waals surface area contributed by atoms with Crippen molar-refractivity contribution in [2.45, 2.75) is 25.8 Å². The Morgan fingerprint density at radius 1 is 1.05 bits per heavy atom. The van der Waals surface area contributed by atoms with Gasteiger partial charge >= 0.3 is 7.25 Å². The quantitative estimate of drug-likeness (QED) is 0.642. The summed E-state index contributed by atoms with van der Waals surface area (Å²) in [6.07, 6.45) is 3.37. The van der Waals surface area contributed by atoms with Gasteiger partial charge in [-0.15, -0.1) is 0 Å². The first-order chi connectivity index (χ1) is 8.86. The molecule has 0 atom stereocenters. The molecule has 0 aliphatic carbocycles. The summed E-state index contributed by atoms with van der Waals surface area (Å²) in [4.78, 5) is 2.18. The molecule has 0 spiro atoms. The molecule has 1 aliphatic heterocycles. The molecule has 0 bridgehead atoms. The topological polar surface area (TPSA) is 27.1 Å². The van der Waals surface area contributed by atoms with E-state index in [4.69, 9.17) is 5.41 Å². The Morgan fingerprint density at radius 3 is 2.16 bits per heavy atom. The van der Waals surface area contributed by atoms with Gasteiger partial charge in [0, 0.05) is 19.5 Å². The van der Waals surface area contributed by atoms with Crippen LogP contribution in [0.5, 0.6) is 0 Å². The van der Waals surface area contributed by atoms with Crippen molar-refractivity contribution in [1.82, 2.24) is 4.90 Å². The molecule has 0 radical (unpaired) electrons. The van der Waals surface area contributed by atoms with E-state index in [2.05, 4.69) is 29.2 Å². The molecule has 1 aliphatic rings. The van der Waals surface area contributed by atoms with E-state index >= 15 is 0 Å². The average Bonchev–Trinajstić information content (AvgIpc) is 2.31. The molecule has 1 heterocycles. The zero-order valence-corrected chi connectivity index (χ0v) is 10.5. The second-order valence-corrected chi connectivity index (χ2v) is 4.31. The predicted molar refractivity (Wildman–Crippen MR) is 68.6 cm³/mol. The third kappa shape index (κ3) is 7.49. The van der Waals surface area contributed by atoms with E-state index in [0.29, 0.717) is 0 Å². The number of hydrogen-bond donors (Lipinski definition) is 1. The van der Waals surface area contributed by atoms with E-state index in [-0.39, 0.29) is 0 Å². The Bertz CT molecular complexity index is 388. The summed E-state index contributed by atoms with van der Waals surface area (Å²) in [5.41, 5.74) is 1.30. The first-order valence-electron chi connectivity index (χ1n) is 6.10. The summed E-state index contributed by atoms with van der Waals surface area (Å²) < 4.78 is 39.0. The molecule has 7 heteroatoms. The van der Waals surface area contributed by atoms with Crippen molar-refractivity contribution in [3.63, 3.8) is 0 Å². The molecule has 2 nitrogen and oxygen atoms in total. The van der Waals surface area contributed by atoms with Gasteiger partial charge < -0.3 is 22.2 Å². The average molecular weight is 275 g/mol. The van der Waals surface area contributed by atoms with Crippen LogP contribution in [-0.2, 0) is 6.54 Å². The SMILES string of the molecule is F[B-](F)(F)F.N=C1CCCCN1Cc1ccccc1. The zero-order valence-electron chi connectivity index (χ0n) is 10.5. The van der Waals surface area contributed by atoms with Crippen molar-refractivity contribution in [1.29, 1.82) is 5.41 Å². The van der Waals surface area contributed by atoms with Crippen LogP contribution in [-0.4, -0.2) is 24.5 Å². The zero-order chi connectivity index (χ0) is 14.3. The summed E-state index contributed by atoms with van der Waals surface area (Å²) in [6, 6.07) is 10.4. The lowest BCUT2D eigenvalue weighted by atomic mass is 10.1. The summed E-state index contributed by atoms with van der Waals surface area (Å²) in [7, 11) is -6.00. The maximum Gasteiger partial charge on any atom is 0.673 e.